The Morgan fingerprint density at radius 3 is 3.06 bits per heavy atom. The molecule has 0 spiro atoms. The Morgan fingerprint density at radius 1 is 1.41 bits per heavy atom. The summed E-state index contributed by atoms with van der Waals surface area (Å²) in [5.74, 6) is 2.52. The molecule has 0 fully saturated rings. The van der Waals surface area contributed by atoms with E-state index in [2.05, 4.69) is 15.1 Å². The van der Waals surface area contributed by atoms with Gasteiger partial charge in [0.15, 0.2) is 5.82 Å². The van der Waals surface area contributed by atoms with Crippen molar-refractivity contribution >= 4 is 23.4 Å². The zero-order chi connectivity index (χ0) is 11.8. The van der Waals surface area contributed by atoms with E-state index in [1.54, 1.807) is 6.20 Å². The van der Waals surface area contributed by atoms with Crippen LogP contribution in [0.5, 0.6) is 0 Å². The van der Waals surface area contributed by atoms with E-state index in [4.69, 9.17) is 11.6 Å². The van der Waals surface area contributed by atoms with Gasteiger partial charge in [-0.25, -0.2) is 9.97 Å². The van der Waals surface area contributed by atoms with E-state index in [-0.39, 0.29) is 0 Å². The number of rotatable bonds is 2. The average Bonchev–Trinajstić information content (AvgIpc) is 2.97. The van der Waals surface area contributed by atoms with Gasteiger partial charge < -0.3 is 0 Å². The predicted molar refractivity (Wildman–Crippen MR) is 68.9 cm³/mol. The molecule has 17 heavy (non-hydrogen) atoms. The van der Waals surface area contributed by atoms with Crippen LogP contribution in [0.1, 0.15) is 18.2 Å². The molecule has 1 aliphatic rings. The van der Waals surface area contributed by atoms with Crippen molar-refractivity contribution in [1.82, 2.24) is 19.7 Å². The molecule has 2 aromatic rings. The molecular weight excluding hydrogens is 256 g/mol. The SMILES string of the molecule is CCn1cc(-c2nc(Cl)c3c(n2)CSC3)cn1. The molecular formula is C11H11ClN4S. The van der Waals surface area contributed by atoms with Crippen molar-refractivity contribution in [1.29, 1.82) is 0 Å². The number of nitrogens with zero attached hydrogens (tertiary/aromatic N) is 4. The summed E-state index contributed by atoms with van der Waals surface area (Å²) >= 11 is 8.00. The molecule has 0 amide bonds. The third-order valence-electron chi connectivity index (χ3n) is 2.74. The fourth-order valence-electron chi connectivity index (χ4n) is 1.79. The van der Waals surface area contributed by atoms with Gasteiger partial charge in [-0.3, -0.25) is 4.68 Å². The van der Waals surface area contributed by atoms with Crippen LogP contribution in [-0.4, -0.2) is 19.7 Å². The zero-order valence-corrected chi connectivity index (χ0v) is 10.9. The van der Waals surface area contributed by atoms with Crippen LogP contribution in [-0.2, 0) is 18.1 Å². The number of aryl methyl sites for hydroxylation is 1. The summed E-state index contributed by atoms with van der Waals surface area (Å²) in [5, 5.41) is 4.81. The lowest BCUT2D eigenvalue weighted by molar-refractivity contribution is 0.660. The Morgan fingerprint density at radius 2 is 2.29 bits per heavy atom. The largest absolute Gasteiger partial charge is 0.272 e. The first-order chi connectivity index (χ1) is 8.28. The zero-order valence-electron chi connectivity index (χ0n) is 9.35. The number of thioether (sulfide) groups is 1. The van der Waals surface area contributed by atoms with Crippen LogP contribution in [0.3, 0.4) is 0 Å². The van der Waals surface area contributed by atoms with E-state index in [9.17, 15) is 0 Å². The molecule has 4 nitrogen and oxygen atoms in total. The summed E-state index contributed by atoms with van der Waals surface area (Å²) in [5.41, 5.74) is 3.07. The quantitative estimate of drug-likeness (QED) is 0.784. The number of hydrogen-bond acceptors (Lipinski definition) is 4. The van der Waals surface area contributed by atoms with Crippen molar-refractivity contribution in [2.45, 2.75) is 25.0 Å². The van der Waals surface area contributed by atoms with Gasteiger partial charge in [0.25, 0.3) is 0 Å². The first kappa shape index (κ1) is 11.0. The molecule has 2 aromatic heterocycles. The molecule has 0 bridgehead atoms. The molecule has 6 heteroatoms. The fraction of sp³-hybridized carbons (Fsp3) is 0.364. The van der Waals surface area contributed by atoms with Crippen LogP contribution >= 0.6 is 23.4 Å². The molecule has 1 aliphatic heterocycles. The lowest BCUT2D eigenvalue weighted by Gasteiger charge is -2.02. The van der Waals surface area contributed by atoms with Crippen molar-refractivity contribution in [3.05, 3.63) is 28.8 Å². The third-order valence-corrected chi connectivity index (χ3v) is 4.03. The molecule has 0 atom stereocenters. The van der Waals surface area contributed by atoms with Gasteiger partial charge in [0.05, 0.1) is 17.5 Å². The van der Waals surface area contributed by atoms with E-state index in [1.807, 2.05) is 29.6 Å². The van der Waals surface area contributed by atoms with Crippen molar-refractivity contribution in [3.8, 4) is 11.4 Å². The normalized spacial score (nSPS) is 14.0. The van der Waals surface area contributed by atoms with Gasteiger partial charge in [-0.2, -0.15) is 16.9 Å². The molecule has 88 valence electrons. The molecule has 3 heterocycles. The Labute approximate surface area is 108 Å². The lowest BCUT2D eigenvalue weighted by Crippen LogP contribution is -1.97. The molecule has 3 rings (SSSR count). The van der Waals surface area contributed by atoms with Gasteiger partial charge in [-0.1, -0.05) is 11.6 Å². The third kappa shape index (κ3) is 1.93. The van der Waals surface area contributed by atoms with E-state index in [0.29, 0.717) is 11.0 Å². The van der Waals surface area contributed by atoms with E-state index in [0.717, 1.165) is 34.9 Å². The number of hydrogen-bond donors (Lipinski definition) is 0. The Hall–Kier alpha value is -1.07. The Bertz CT molecular complexity index is 567. The second kappa shape index (κ2) is 4.31. The van der Waals surface area contributed by atoms with Crippen LogP contribution in [0.2, 0.25) is 5.15 Å². The second-order valence-corrected chi connectivity index (χ2v) is 5.18. The smallest absolute Gasteiger partial charge is 0.164 e. The highest BCUT2D eigenvalue weighted by Crippen LogP contribution is 2.33. The molecule has 0 N–H and O–H groups in total. The van der Waals surface area contributed by atoms with Crippen LogP contribution in [0, 0.1) is 0 Å². The Kier molecular flexibility index (Phi) is 2.80. The minimum atomic E-state index is 0.583. The summed E-state index contributed by atoms with van der Waals surface area (Å²) < 4.78 is 1.86. The van der Waals surface area contributed by atoms with Gasteiger partial charge in [-0.15, -0.1) is 0 Å². The maximum Gasteiger partial charge on any atom is 0.164 e. The molecule has 0 unspecified atom stereocenters. The maximum atomic E-state index is 6.17. The first-order valence-electron chi connectivity index (χ1n) is 5.43. The standard InChI is InChI=1S/C11H11ClN4S/c1-2-16-4-7(3-13-16)11-14-9-6-17-5-8(9)10(12)15-11/h3-4H,2,5-6H2,1H3. The Balaban J connectivity index is 2.06. The summed E-state index contributed by atoms with van der Waals surface area (Å²) in [6.45, 7) is 2.89. The molecule has 0 saturated heterocycles. The van der Waals surface area contributed by atoms with Gasteiger partial charge in [0.1, 0.15) is 5.15 Å². The summed E-state index contributed by atoms with van der Waals surface area (Å²) in [4.78, 5) is 8.91. The number of fused-ring (bicyclic) bond motifs is 1. The van der Waals surface area contributed by atoms with Gasteiger partial charge >= 0.3 is 0 Å². The summed E-state index contributed by atoms with van der Waals surface area (Å²) in [6, 6.07) is 0. The fourth-order valence-corrected chi connectivity index (χ4v) is 3.17. The number of aromatic nitrogens is 4. The van der Waals surface area contributed by atoms with Crippen molar-refractivity contribution in [2.75, 3.05) is 0 Å². The van der Waals surface area contributed by atoms with Gasteiger partial charge in [-0.05, 0) is 6.92 Å². The second-order valence-electron chi connectivity index (χ2n) is 3.84. The van der Waals surface area contributed by atoms with E-state index < -0.39 is 0 Å². The van der Waals surface area contributed by atoms with Crippen molar-refractivity contribution in [2.24, 2.45) is 0 Å². The summed E-state index contributed by atoms with van der Waals surface area (Å²) in [7, 11) is 0. The number of halogens is 1. The van der Waals surface area contributed by atoms with E-state index >= 15 is 0 Å². The predicted octanol–water partition coefficient (Wildman–Crippen LogP) is 2.76. The lowest BCUT2D eigenvalue weighted by atomic mass is 10.2. The molecule has 0 saturated carbocycles. The summed E-state index contributed by atoms with van der Waals surface area (Å²) in [6.07, 6.45) is 3.73. The molecule has 0 aromatic carbocycles. The molecule has 0 radical (unpaired) electrons. The van der Waals surface area contributed by atoms with Crippen LogP contribution in [0.25, 0.3) is 11.4 Å². The minimum Gasteiger partial charge on any atom is -0.272 e. The van der Waals surface area contributed by atoms with Crippen LogP contribution in [0.15, 0.2) is 12.4 Å². The first-order valence-corrected chi connectivity index (χ1v) is 6.97. The van der Waals surface area contributed by atoms with Gasteiger partial charge in [0, 0.05) is 29.8 Å². The van der Waals surface area contributed by atoms with Crippen molar-refractivity contribution < 1.29 is 0 Å². The topological polar surface area (TPSA) is 43.6 Å². The van der Waals surface area contributed by atoms with Crippen LogP contribution in [0.4, 0.5) is 0 Å². The molecule has 0 aliphatic carbocycles. The van der Waals surface area contributed by atoms with Crippen molar-refractivity contribution in [3.63, 3.8) is 0 Å². The minimum absolute atomic E-state index is 0.583. The highest BCUT2D eigenvalue weighted by Gasteiger charge is 2.19. The maximum absolute atomic E-state index is 6.17. The average molecular weight is 267 g/mol. The highest BCUT2D eigenvalue weighted by molar-refractivity contribution is 7.98. The van der Waals surface area contributed by atoms with E-state index in [1.165, 1.54) is 0 Å². The van der Waals surface area contributed by atoms with Crippen LogP contribution < -0.4 is 0 Å². The monoisotopic (exact) mass is 266 g/mol. The highest BCUT2D eigenvalue weighted by atomic mass is 35.5. The van der Waals surface area contributed by atoms with Gasteiger partial charge in [0.2, 0.25) is 0 Å².